The fraction of sp³-hybridized carbons (Fsp3) is 0.733. The third-order valence-corrected chi connectivity index (χ3v) is 3.56. The molecule has 0 aliphatic carbocycles. The molecule has 5 nitrogen and oxygen atoms in total. The molecule has 1 aromatic heterocycles. The number of rotatable bonds is 6. The van der Waals surface area contributed by atoms with Gasteiger partial charge in [0.15, 0.2) is 0 Å². The molecular formula is C15H26N4O. The van der Waals surface area contributed by atoms with Crippen molar-refractivity contribution in [3.8, 4) is 0 Å². The summed E-state index contributed by atoms with van der Waals surface area (Å²) in [5, 5.41) is 0. The molecule has 20 heavy (non-hydrogen) atoms. The molecule has 1 fully saturated rings. The second-order valence-corrected chi connectivity index (χ2v) is 6.02. The smallest absolute Gasteiger partial charge is 0.227 e. The number of hydrogen-bond acceptors (Lipinski definition) is 5. The Labute approximate surface area is 122 Å². The first-order chi connectivity index (χ1) is 9.56. The van der Waals surface area contributed by atoms with Crippen molar-refractivity contribution in [3.05, 3.63) is 12.3 Å². The van der Waals surface area contributed by atoms with Crippen LogP contribution in [0.4, 0.5) is 11.8 Å². The van der Waals surface area contributed by atoms with Crippen molar-refractivity contribution < 1.29 is 4.74 Å². The summed E-state index contributed by atoms with van der Waals surface area (Å²) < 4.78 is 5.94. The van der Waals surface area contributed by atoms with Gasteiger partial charge in [-0.3, -0.25) is 0 Å². The SMILES string of the molecule is CC(C)CCO[C@H]1CCN(c2nccc(N(C)C)n2)C1. The Balaban J connectivity index is 1.87. The van der Waals surface area contributed by atoms with E-state index in [0.29, 0.717) is 12.0 Å². The minimum atomic E-state index is 0.320. The maximum atomic E-state index is 5.94. The normalized spacial score (nSPS) is 18.9. The Hall–Kier alpha value is -1.36. The van der Waals surface area contributed by atoms with Gasteiger partial charge in [0.2, 0.25) is 5.95 Å². The van der Waals surface area contributed by atoms with Gasteiger partial charge >= 0.3 is 0 Å². The maximum absolute atomic E-state index is 5.94. The number of aromatic nitrogens is 2. The largest absolute Gasteiger partial charge is 0.376 e. The molecule has 0 radical (unpaired) electrons. The van der Waals surface area contributed by atoms with Crippen molar-refractivity contribution in [2.45, 2.75) is 32.8 Å². The minimum Gasteiger partial charge on any atom is -0.376 e. The summed E-state index contributed by atoms with van der Waals surface area (Å²) in [4.78, 5) is 13.2. The highest BCUT2D eigenvalue weighted by Crippen LogP contribution is 2.20. The lowest BCUT2D eigenvalue weighted by atomic mass is 10.1. The van der Waals surface area contributed by atoms with Crippen molar-refractivity contribution >= 4 is 11.8 Å². The Morgan fingerprint density at radius 3 is 2.95 bits per heavy atom. The van der Waals surface area contributed by atoms with Gasteiger partial charge in [-0.15, -0.1) is 0 Å². The average Bonchev–Trinajstić information content (AvgIpc) is 2.87. The van der Waals surface area contributed by atoms with Crippen LogP contribution in [0.2, 0.25) is 0 Å². The van der Waals surface area contributed by atoms with Crippen molar-refractivity contribution in [1.29, 1.82) is 0 Å². The van der Waals surface area contributed by atoms with E-state index in [4.69, 9.17) is 4.74 Å². The summed E-state index contributed by atoms with van der Waals surface area (Å²) in [5.74, 6) is 2.46. The van der Waals surface area contributed by atoms with E-state index in [1.807, 2.05) is 31.3 Å². The molecule has 112 valence electrons. The Bertz CT molecular complexity index is 422. The van der Waals surface area contributed by atoms with Crippen LogP contribution in [0.25, 0.3) is 0 Å². The van der Waals surface area contributed by atoms with Gasteiger partial charge in [0.25, 0.3) is 0 Å². The van der Waals surface area contributed by atoms with Gasteiger partial charge in [-0.25, -0.2) is 4.98 Å². The second-order valence-electron chi connectivity index (χ2n) is 6.02. The average molecular weight is 278 g/mol. The lowest BCUT2D eigenvalue weighted by molar-refractivity contribution is 0.0608. The van der Waals surface area contributed by atoms with E-state index in [1.54, 1.807) is 0 Å². The highest BCUT2D eigenvalue weighted by atomic mass is 16.5. The van der Waals surface area contributed by atoms with E-state index in [0.717, 1.165) is 44.3 Å². The lowest BCUT2D eigenvalue weighted by Gasteiger charge is -2.19. The topological polar surface area (TPSA) is 41.5 Å². The molecule has 0 unspecified atom stereocenters. The molecule has 0 amide bonds. The van der Waals surface area contributed by atoms with E-state index >= 15 is 0 Å². The molecule has 0 saturated carbocycles. The Morgan fingerprint density at radius 2 is 2.25 bits per heavy atom. The first kappa shape index (κ1) is 15.0. The Kier molecular flexibility index (Phi) is 5.17. The molecule has 2 rings (SSSR count). The van der Waals surface area contributed by atoms with E-state index in [2.05, 4.69) is 28.7 Å². The fourth-order valence-electron chi connectivity index (χ4n) is 2.26. The zero-order valence-electron chi connectivity index (χ0n) is 13.0. The van der Waals surface area contributed by atoms with Crippen LogP contribution < -0.4 is 9.80 Å². The molecule has 1 aromatic rings. The van der Waals surface area contributed by atoms with Crippen LogP contribution in [0, 0.1) is 5.92 Å². The third-order valence-electron chi connectivity index (χ3n) is 3.56. The summed E-state index contributed by atoms with van der Waals surface area (Å²) in [6, 6.07) is 1.93. The molecule has 2 heterocycles. The molecular weight excluding hydrogens is 252 g/mol. The van der Waals surface area contributed by atoms with Crippen molar-refractivity contribution in [3.63, 3.8) is 0 Å². The van der Waals surface area contributed by atoms with E-state index in [1.165, 1.54) is 0 Å². The van der Waals surface area contributed by atoms with Gasteiger partial charge in [-0.05, 0) is 24.8 Å². The molecule has 5 heteroatoms. The predicted molar refractivity (Wildman–Crippen MR) is 82.4 cm³/mol. The van der Waals surface area contributed by atoms with E-state index in [-0.39, 0.29) is 0 Å². The summed E-state index contributed by atoms with van der Waals surface area (Å²) >= 11 is 0. The van der Waals surface area contributed by atoms with Crippen LogP contribution in [-0.2, 0) is 4.74 Å². The fourth-order valence-corrected chi connectivity index (χ4v) is 2.26. The van der Waals surface area contributed by atoms with Crippen molar-refractivity contribution in [1.82, 2.24) is 9.97 Å². The summed E-state index contributed by atoms with van der Waals surface area (Å²) in [7, 11) is 3.99. The van der Waals surface area contributed by atoms with Gasteiger partial charge in [0, 0.05) is 40.0 Å². The first-order valence-electron chi connectivity index (χ1n) is 7.43. The molecule has 0 aromatic carbocycles. The second kappa shape index (κ2) is 6.88. The number of hydrogen-bond donors (Lipinski definition) is 0. The van der Waals surface area contributed by atoms with Gasteiger partial charge in [-0.2, -0.15) is 4.98 Å². The molecule has 0 N–H and O–H groups in total. The molecule has 0 spiro atoms. The summed E-state index contributed by atoms with van der Waals surface area (Å²) in [6.07, 6.45) is 4.34. The monoisotopic (exact) mass is 278 g/mol. The number of nitrogens with zero attached hydrogens (tertiary/aromatic N) is 4. The highest BCUT2D eigenvalue weighted by molar-refractivity contribution is 5.43. The third kappa shape index (κ3) is 4.07. The van der Waals surface area contributed by atoms with Crippen molar-refractivity contribution in [2.24, 2.45) is 5.92 Å². The minimum absolute atomic E-state index is 0.320. The summed E-state index contributed by atoms with van der Waals surface area (Å²) in [6.45, 7) is 7.18. The zero-order valence-corrected chi connectivity index (χ0v) is 13.0. The number of anilines is 2. The van der Waals surface area contributed by atoms with E-state index < -0.39 is 0 Å². The standard InChI is InChI=1S/C15H26N4O/c1-12(2)7-10-20-13-6-9-19(11-13)15-16-8-5-14(17-15)18(3)4/h5,8,12-13H,6-7,9-11H2,1-4H3/t13-/m0/s1. The van der Waals surface area contributed by atoms with Crippen molar-refractivity contribution in [2.75, 3.05) is 43.6 Å². The first-order valence-corrected chi connectivity index (χ1v) is 7.43. The molecule has 1 aliphatic rings. The van der Waals surface area contributed by atoms with Crippen LogP contribution in [0.3, 0.4) is 0 Å². The van der Waals surface area contributed by atoms with Gasteiger partial charge in [-0.1, -0.05) is 13.8 Å². The molecule has 1 aliphatic heterocycles. The van der Waals surface area contributed by atoms with Gasteiger partial charge in [0.05, 0.1) is 6.10 Å². The zero-order chi connectivity index (χ0) is 14.5. The Morgan fingerprint density at radius 1 is 1.45 bits per heavy atom. The quantitative estimate of drug-likeness (QED) is 0.798. The van der Waals surface area contributed by atoms with Crippen LogP contribution in [0.5, 0.6) is 0 Å². The van der Waals surface area contributed by atoms with Crippen LogP contribution >= 0.6 is 0 Å². The summed E-state index contributed by atoms with van der Waals surface area (Å²) in [5.41, 5.74) is 0. The molecule has 0 bridgehead atoms. The van der Waals surface area contributed by atoms with Crippen LogP contribution in [0.15, 0.2) is 12.3 Å². The van der Waals surface area contributed by atoms with E-state index in [9.17, 15) is 0 Å². The van der Waals surface area contributed by atoms with Crippen LogP contribution in [0.1, 0.15) is 26.7 Å². The van der Waals surface area contributed by atoms with Crippen LogP contribution in [-0.4, -0.2) is 49.9 Å². The number of ether oxygens (including phenoxy) is 1. The highest BCUT2D eigenvalue weighted by Gasteiger charge is 2.25. The van der Waals surface area contributed by atoms with Gasteiger partial charge in [0.1, 0.15) is 5.82 Å². The molecule has 1 saturated heterocycles. The molecule has 1 atom stereocenters. The lowest BCUT2D eigenvalue weighted by Crippen LogP contribution is -2.25. The van der Waals surface area contributed by atoms with Gasteiger partial charge < -0.3 is 14.5 Å². The maximum Gasteiger partial charge on any atom is 0.227 e. The predicted octanol–water partition coefficient (Wildman–Crippen LogP) is 2.18.